The van der Waals surface area contributed by atoms with Crippen molar-refractivity contribution < 1.29 is 5.11 Å². The van der Waals surface area contributed by atoms with Crippen LogP contribution < -0.4 is 0 Å². The first-order valence-electron chi connectivity index (χ1n) is 6.08. The third kappa shape index (κ3) is 2.05. The lowest BCUT2D eigenvalue weighted by Gasteiger charge is -2.36. The van der Waals surface area contributed by atoms with Crippen LogP contribution >= 0.6 is 0 Å². The van der Waals surface area contributed by atoms with Gasteiger partial charge in [0.15, 0.2) is 0 Å². The minimum Gasteiger partial charge on any atom is -0.396 e. The summed E-state index contributed by atoms with van der Waals surface area (Å²) in [5.41, 5.74) is 1.35. The molecule has 1 heteroatoms. The molecule has 4 atom stereocenters. The zero-order valence-electron chi connectivity index (χ0n) is 10.0. The molecule has 0 amide bonds. The average molecular weight is 216 g/mol. The second kappa shape index (κ2) is 4.84. The molecule has 2 rings (SSSR count). The van der Waals surface area contributed by atoms with Gasteiger partial charge in [-0.05, 0) is 29.2 Å². The van der Waals surface area contributed by atoms with E-state index in [1.165, 1.54) is 5.56 Å². The fourth-order valence-corrected chi connectivity index (χ4v) is 2.84. The van der Waals surface area contributed by atoms with Crippen molar-refractivity contribution in [3.63, 3.8) is 0 Å². The molecule has 1 aromatic carbocycles. The molecule has 1 nitrogen and oxygen atoms in total. The van der Waals surface area contributed by atoms with Gasteiger partial charge in [-0.15, -0.1) is 0 Å². The van der Waals surface area contributed by atoms with Gasteiger partial charge in [-0.1, -0.05) is 56.3 Å². The number of aliphatic hydroxyl groups is 1. The van der Waals surface area contributed by atoms with Gasteiger partial charge in [-0.3, -0.25) is 0 Å². The first kappa shape index (κ1) is 11.4. The van der Waals surface area contributed by atoms with Crippen LogP contribution in [0.4, 0.5) is 0 Å². The largest absolute Gasteiger partial charge is 0.396 e. The second-order valence-electron chi connectivity index (χ2n) is 4.89. The summed E-state index contributed by atoms with van der Waals surface area (Å²) in [5.74, 6) is 1.77. The van der Waals surface area contributed by atoms with E-state index in [1.54, 1.807) is 0 Å². The molecule has 0 unspecified atom stereocenters. The first-order chi connectivity index (χ1) is 7.74. The van der Waals surface area contributed by atoms with Crippen molar-refractivity contribution in [2.24, 2.45) is 17.8 Å². The van der Waals surface area contributed by atoms with Crippen LogP contribution in [0, 0.1) is 17.8 Å². The van der Waals surface area contributed by atoms with E-state index in [1.807, 2.05) is 6.07 Å². The molecule has 1 N–H and O–H groups in total. The Morgan fingerprint density at radius 2 is 1.62 bits per heavy atom. The number of rotatable bonds is 2. The molecule has 86 valence electrons. The van der Waals surface area contributed by atoms with Gasteiger partial charge in [-0.25, -0.2) is 0 Å². The molecule has 0 fully saturated rings. The molecule has 1 aliphatic carbocycles. The van der Waals surface area contributed by atoms with Crippen LogP contribution in [-0.2, 0) is 0 Å². The second-order valence-corrected chi connectivity index (χ2v) is 4.89. The Morgan fingerprint density at radius 3 is 2.25 bits per heavy atom. The normalized spacial score (nSPS) is 33.9. The lowest BCUT2D eigenvalue weighted by atomic mass is 9.69. The van der Waals surface area contributed by atoms with E-state index in [2.05, 4.69) is 50.3 Å². The molecular formula is C15H20O. The predicted octanol–water partition coefficient (Wildman–Crippen LogP) is 3.22. The zero-order chi connectivity index (χ0) is 11.5. The Hall–Kier alpha value is -1.08. The van der Waals surface area contributed by atoms with E-state index in [-0.39, 0.29) is 6.61 Å². The highest BCUT2D eigenvalue weighted by Gasteiger charge is 2.32. The molecule has 0 spiro atoms. The van der Waals surface area contributed by atoms with E-state index in [0.29, 0.717) is 23.7 Å². The maximum Gasteiger partial charge on any atom is 0.0470 e. The number of hydrogen-bond acceptors (Lipinski definition) is 1. The van der Waals surface area contributed by atoms with Crippen LogP contribution in [0.3, 0.4) is 0 Å². The SMILES string of the molecule is C[C@@H]1C=C[C@H](C)[C@H](CO)[C@@H]1c1ccccc1. The van der Waals surface area contributed by atoms with Crippen molar-refractivity contribution in [2.45, 2.75) is 19.8 Å². The molecule has 0 aromatic heterocycles. The monoisotopic (exact) mass is 216 g/mol. The van der Waals surface area contributed by atoms with E-state index >= 15 is 0 Å². The summed E-state index contributed by atoms with van der Waals surface area (Å²) in [4.78, 5) is 0. The van der Waals surface area contributed by atoms with Gasteiger partial charge in [0.25, 0.3) is 0 Å². The van der Waals surface area contributed by atoms with Gasteiger partial charge >= 0.3 is 0 Å². The third-order valence-electron chi connectivity index (χ3n) is 3.82. The summed E-state index contributed by atoms with van der Waals surface area (Å²) < 4.78 is 0. The van der Waals surface area contributed by atoms with E-state index in [9.17, 15) is 5.11 Å². The van der Waals surface area contributed by atoms with Gasteiger partial charge in [0.1, 0.15) is 0 Å². The molecule has 0 radical (unpaired) electrons. The van der Waals surface area contributed by atoms with Crippen LogP contribution in [0.5, 0.6) is 0 Å². The maximum atomic E-state index is 9.58. The van der Waals surface area contributed by atoms with E-state index in [0.717, 1.165) is 0 Å². The Balaban J connectivity index is 2.34. The standard InChI is InChI=1S/C15H20O/c1-11-8-9-12(2)15(14(11)10-16)13-6-4-3-5-7-13/h3-9,11-12,14-16H,10H2,1-2H3/t11-,12+,14-,15-/m0/s1. The fraction of sp³-hybridized carbons (Fsp3) is 0.467. The van der Waals surface area contributed by atoms with Crippen molar-refractivity contribution >= 4 is 0 Å². The Morgan fingerprint density at radius 1 is 1.00 bits per heavy atom. The molecule has 0 aliphatic heterocycles. The zero-order valence-corrected chi connectivity index (χ0v) is 10.0. The van der Waals surface area contributed by atoms with Crippen molar-refractivity contribution in [3.05, 3.63) is 48.0 Å². The minimum absolute atomic E-state index is 0.273. The van der Waals surface area contributed by atoms with Crippen LogP contribution in [0.15, 0.2) is 42.5 Å². The van der Waals surface area contributed by atoms with Crippen LogP contribution in [-0.4, -0.2) is 11.7 Å². The first-order valence-corrected chi connectivity index (χ1v) is 6.08. The molecule has 0 bridgehead atoms. The smallest absolute Gasteiger partial charge is 0.0470 e. The van der Waals surface area contributed by atoms with Crippen LogP contribution in [0.1, 0.15) is 25.3 Å². The topological polar surface area (TPSA) is 20.2 Å². The molecule has 0 saturated heterocycles. The Kier molecular flexibility index (Phi) is 3.45. The summed E-state index contributed by atoms with van der Waals surface area (Å²) in [6, 6.07) is 10.6. The van der Waals surface area contributed by atoms with Gasteiger partial charge in [0.2, 0.25) is 0 Å². The number of aliphatic hydroxyl groups excluding tert-OH is 1. The molecule has 1 aromatic rings. The van der Waals surface area contributed by atoms with Crippen LogP contribution in [0.25, 0.3) is 0 Å². The van der Waals surface area contributed by atoms with Gasteiger partial charge in [0.05, 0.1) is 0 Å². The summed E-state index contributed by atoms with van der Waals surface area (Å²) >= 11 is 0. The van der Waals surface area contributed by atoms with Gasteiger partial charge in [-0.2, -0.15) is 0 Å². The fourth-order valence-electron chi connectivity index (χ4n) is 2.84. The highest BCUT2D eigenvalue weighted by molar-refractivity contribution is 5.25. The minimum atomic E-state index is 0.273. The summed E-state index contributed by atoms with van der Waals surface area (Å²) in [5, 5.41) is 9.58. The third-order valence-corrected chi connectivity index (χ3v) is 3.82. The van der Waals surface area contributed by atoms with Crippen molar-refractivity contribution in [3.8, 4) is 0 Å². The summed E-state index contributed by atoms with van der Waals surface area (Å²) in [6.07, 6.45) is 4.53. The Labute approximate surface area is 97.8 Å². The molecule has 16 heavy (non-hydrogen) atoms. The molecular weight excluding hydrogens is 196 g/mol. The lowest BCUT2D eigenvalue weighted by molar-refractivity contribution is 0.153. The average Bonchev–Trinajstić information content (AvgIpc) is 2.33. The van der Waals surface area contributed by atoms with Gasteiger partial charge < -0.3 is 5.11 Å². The highest BCUT2D eigenvalue weighted by atomic mass is 16.3. The quantitative estimate of drug-likeness (QED) is 0.753. The van der Waals surface area contributed by atoms with Crippen LogP contribution in [0.2, 0.25) is 0 Å². The Bertz CT molecular complexity index is 355. The number of allylic oxidation sites excluding steroid dienone is 2. The summed E-state index contributed by atoms with van der Waals surface area (Å²) in [6.45, 7) is 4.71. The van der Waals surface area contributed by atoms with E-state index < -0.39 is 0 Å². The number of hydrogen-bond donors (Lipinski definition) is 1. The predicted molar refractivity (Wildman–Crippen MR) is 67.2 cm³/mol. The van der Waals surface area contributed by atoms with Gasteiger partial charge in [0, 0.05) is 6.61 Å². The lowest BCUT2D eigenvalue weighted by Crippen LogP contribution is -2.30. The molecule has 0 heterocycles. The summed E-state index contributed by atoms with van der Waals surface area (Å²) in [7, 11) is 0. The van der Waals surface area contributed by atoms with Crippen molar-refractivity contribution in [1.82, 2.24) is 0 Å². The molecule has 1 aliphatic rings. The highest BCUT2D eigenvalue weighted by Crippen LogP contribution is 2.40. The molecule has 0 saturated carbocycles. The maximum absolute atomic E-state index is 9.58. The van der Waals surface area contributed by atoms with Crippen molar-refractivity contribution in [1.29, 1.82) is 0 Å². The van der Waals surface area contributed by atoms with E-state index in [4.69, 9.17) is 0 Å². The number of benzene rings is 1. The van der Waals surface area contributed by atoms with Crippen molar-refractivity contribution in [2.75, 3.05) is 6.61 Å².